The number of alkyl halides is 2. The Morgan fingerprint density at radius 1 is 1.14 bits per heavy atom. The summed E-state index contributed by atoms with van der Waals surface area (Å²) in [6.45, 7) is 0.919. The molecule has 0 radical (unpaired) electrons. The number of halogens is 4. The van der Waals surface area contributed by atoms with Gasteiger partial charge in [-0.3, -0.25) is 0 Å². The standard InChI is InChI=1S/C29H22F4N4O4S/c30-19-11-18(21-2-1-3-26(36-21)41-14-27-34-12-24(42-27)28(32)33)20(31)8-16(19)10-25-35-22-5-4-15(29(38)39)9-23(22)37(25)13-17-6-7-40-17/h1-5,8-9,11-12,17,28H,6-7,10,13-14H2,(H,38,39)/t17-/m0/s1. The number of rotatable bonds is 10. The van der Waals surface area contributed by atoms with Crippen LogP contribution in [0.3, 0.4) is 0 Å². The summed E-state index contributed by atoms with van der Waals surface area (Å²) in [5, 5.41) is 9.76. The SMILES string of the molecule is O=C(O)c1ccc2nc(Cc3cc(F)c(-c4cccc(OCc5ncc(C(F)F)s5)n4)cc3F)n(C[C@@H]3CCO3)c2c1. The van der Waals surface area contributed by atoms with Crippen molar-refractivity contribution in [2.75, 3.05) is 6.61 Å². The van der Waals surface area contributed by atoms with Gasteiger partial charge in [0.15, 0.2) is 0 Å². The van der Waals surface area contributed by atoms with E-state index >= 15 is 8.78 Å². The van der Waals surface area contributed by atoms with Gasteiger partial charge >= 0.3 is 5.97 Å². The molecular formula is C29H22F4N4O4S. The first kappa shape index (κ1) is 27.8. The Hall–Kier alpha value is -4.36. The number of benzene rings is 2. The molecular weight excluding hydrogens is 576 g/mol. The Balaban J connectivity index is 1.25. The number of carboxylic acid groups (broad SMARTS) is 1. The van der Waals surface area contributed by atoms with Gasteiger partial charge in [-0.05, 0) is 48.4 Å². The molecule has 5 aromatic rings. The lowest BCUT2D eigenvalue weighted by atomic mass is 10.0. The van der Waals surface area contributed by atoms with Crippen molar-refractivity contribution < 1.29 is 36.9 Å². The quantitative estimate of drug-likeness (QED) is 0.185. The number of imidazole rings is 1. The van der Waals surface area contributed by atoms with Crippen LogP contribution in [0.4, 0.5) is 17.6 Å². The lowest BCUT2D eigenvalue weighted by molar-refractivity contribution is -0.0589. The molecule has 1 N–H and O–H groups in total. The number of aromatic carboxylic acids is 1. The van der Waals surface area contributed by atoms with E-state index in [-0.39, 0.29) is 52.3 Å². The first-order chi connectivity index (χ1) is 20.2. The molecule has 0 amide bonds. The summed E-state index contributed by atoms with van der Waals surface area (Å²) in [4.78, 5) is 24.1. The molecule has 216 valence electrons. The normalized spacial score (nSPS) is 14.8. The third kappa shape index (κ3) is 5.70. The molecule has 0 saturated carbocycles. The molecule has 0 aliphatic carbocycles. The molecule has 1 saturated heterocycles. The highest BCUT2D eigenvalue weighted by atomic mass is 32.1. The highest BCUT2D eigenvalue weighted by Crippen LogP contribution is 2.30. The Morgan fingerprint density at radius 3 is 2.69 bits per heavy atom. The van der Waals surface area contributed by atoms with Gasteiger partial charge in [-0.1, -0.05) is 6.07 Å². The van der Waals surface area contributed by atoms with Crippen LogP contribution in [-0.4, -0.2) is 43.3 Å². The second-order valence-electron chi connectivity index (χ2n) is 9.64. The molecule has 6 rings (SSSR count). The van der Waals surface area contributed by atoms with Crippen LogP contribution in [-0.2, 0) is 24.3 Å². The van der Waals surface area contributed by atoms with E-state index < -0.39 is 24.0 Å². The molecule has 1 aliphatic rings. The van der Waals surface area contributed by atoms with Crippen LogP contribution in [0.1, 0.15) is 44.5 Å². The number of fused-ring (bicyclic) bond motifs is 1. The molecule has 13 heteroatoms. The summed E-state index contributed by atoms with van der Waals surface area (Å²) < 4.78 is 69.3. The van der Waals surface area contributed by atoms with Crippen LogP contribution >= 0.6 is 11.3 Å². The Morgan fingerprint density at radius 2 is 1.98 bits per heavy atom. The van der Waals surface area contributed by atoms with Crippen molar-refractivity contribution in [3.05, 3.63) is 93.2 Å². The second kappa shape index (κ2) is 11.5. The summed E-state index contributed by atoms with van der Waals surface area (Å²) in [6, 6.07) is 11.3. The predicted octanol–water partition coefficient (Wildman–Crippen LogP) is 6.43. The lowest BCUT2D eigenvalue weighted by Crippen LogP contribution is -2.31. The lowest BCUT2D eigenvalue weighted by Gasteiger charge is -2.27. The molecule has 0 unspecified atom stereocenters. The van der Waals surface area contributed by atoms with Crippen LogP contribution in [0.25, 0.3) is 22.3 Å². The van der Waals surface area contributed by atoms with Gasteiger partial charge in [0.25, 0.3) is 6.43 Å². The van der Waals surface area contributed by atoms with E-state index in [0.29, 0.717) is 35.0 Å². The molecule has 1 fully saturated rings. The van der Waals surface area contributed by atoms with Gasteiger partial charge in [0.1, 0.15) is 29.1 Å². The number of pyridine rings is 1. The van der Waals surface area contributed by atoms with Crippen molar-refractivity contribution in [3.8, 4) is 17.1 Å². The molecule has 8 nitrogen and oxygen atoms in total. The van der Waals surface area contributed by atoms with Gasteiger partial charge < -0.3 is 19.1 Å². The Bertz CT molecular complexity index is 1790. The van der Waals surface area contributed by atoms with Gasteiger partial charge in [0, 0.05) is 30.9 Å². The monoisotopic (exact) mass is 598 g/mol. The number of nitrogens with zero attached hydrogens (tertiary/aromatic N) is 4. The first-order valence-corrected chi connectivity index (χ1v) is 13.7. The molecule has 0 spiro atoms. The summed E-state index contributed by atoms with van der Waals surface area (Å²) >= 11 is 0.816. The third-order valence-corrected chi connectivity index (χ3v) is 7.85. The number of ether oxygens (including phenoxy) is 2. The van der Waals surface area contributed by atoms with Crippen molar-refractivity contribution >= 4 is 28.3 Å². The topological polar surface area (TPSA) is 99.4 Å². The molecule has 2 aromatic carbocycles. The van der Waals surface area contributed by atoms with Crippen LogP contribution in [0.15, 0.2) is 54.7 Å². The van der Waals surface area contributed by atoms with E-state index in [9.17, 15) is 18.7 Å². The minimum Gasteiger partial charge on any atom is -0.478 e. The zero-order valence-corrected chi connectivity index (χ0v) is 22.6. The van der Waals surface area contributed by atoms with Gasteiger partial charge in [-0.15, -0.1) is 11.3 Å². The molecule has 3 aromatic heterocycles. The smallest absolute Gasteiger partial charge is 0.335 e. The molecule has 0 bridgehead atoms. The zero-order chi connectivity index (χ0) is 29.4. The van der Waals surface area contributed by atoms with Gasteiger partial charge in [-0.25, -0.2) is 37.3 Å². The number of thiazole rings is 1. The number of hydrogen-bond acceptors (Lipinski definition) is 7. The maximum atomic E-state index is 15.4. The molecule has 1 aliphatic heterocycles. The first-order valence-electron chi connectivity index (χ1n) is 12.9. The number of carbonyl (C=O) groups is 1. The minimum atomic E-state index is -2.63. The number of carboxylic acids is 1. The molecule has 42 heavy (non-hydrogen) atoms. The maximum Gasteiger partial charge on any atom is 0.335 e. The number of aromatic nitrogens is 4. The molecule has 1 atom stereocenters. The minimum absolute atomic E-state index is 0.0438. The van der Waals surface area contributed by atoms with Crippen LogP contribution in [0, 0.1) is 11.6 Å². The summed E-state index contributed by atoms with van der Waals surface area (Å²) in [5.74, 6) is -1.93. The Kier molecular flexibility index (Phi) is 7.60. The fourth-order valence-corrected chi connectivity index (χ4v) is 5.33. The van der Waals surface area contributed by atoms with Gasteiger partial charge in [0.2, 0.25) is 5.88 Å². The van der Waals surface area contributed by atoms with E-state index in [1.54, 1.807) is 16.7 Å². The van der Waals surface area contributed by atoms with E-state index in [1.165, 1.54) is 24.3 Å². The Labute approximate surface area is 240 Å². The van der Waals surface area contributed by atoms with Crippen LogP contribution in [0.5, 0.6) is 5.88 Å². The van der Waals surface area contributed by atoms with Crippen molar-refractivity contribution in [1.29, 1.82) is 0 Å². The van der Waals surface area contributed by atoms with Crippen molar-refractivity contribution in [2.45, 2.75) is 38.5 Å². The van der Waals surface area contributed by atoms with Crippen molar-refractivity contribution in [1.82, 2.24) is 19.5 Å². The molecule has 4 heterocycles. The summed E-state index contributed by atoms with van der Waals surface area (Å²) in [7, 11) is 0. The maximum absolute atomic E-state index is 15.4. The van der Waals surface area contributed by atoms with Crippen molar-refractivity contribution in [3.63, 3.8) is 0 Å². The van der Waals surface area contributed by atoms with Crippen molar-refractivity contribution in [2.24, 2.45) is 0 Å². The summed E-state index contributed by atoms with van der Waals surface area (Å²) in [5.41, 5.74) is 1.30. The highest BCUT2D eigenvalue weighted by molar-refractivity contribution is 7.11. The van der Waals surface area contributed by atoms with E-state index in [4.69, 9.17) is 9.47 Å². The summed E-state index contributed by atoms with van der Waals surface area (Å²) in [6.07, 6.45) is -0.842. The average Bonchev–Trinajstić information content (AvgIpc) is 3.56. The van der Waals surface area contributed by atoms with E-state index in [2.05, 4.69) is 15.0 Å². The fourth-order valence-electron chi connectivity index (χ4n) is 4.64. The fraction of sp³-hybridized carbons (Fsp3) is 0.241. The average molecular weight is 599 g/mol. The predicted molar refractivity (Wildman–Crippen MR) is 145 cm³/mol. The highest BCUT2D eigenvalue weighted by Gasteiger charge is 2.24. The van der Waals surface area contributed by atoms with Gasteiger partial charge in [-0.2, -0.15) is 0 Å². The number of hydrogen-bond donors (Lipinski definition) is 1. The van der Waals surface area contributed by atoms with E-state index in [0.717, 1.165) is 36.1 Å². The third-order valence-electron chi connectivity index (χ3n) is 6.87. The second-order valence-corrected chi connectivity index (χ2v) is 10.8. The van der Waals surface area contributed by atoms with Crippen LogP contribution in [0.2, 0.25) is 0 Å². The zero-order valence-electron chi connectivity index (χ0n) is 21.8. The van der Waals surface area contributed by atoms with E-state index in [1.807, 2.05) is 0 Å². The largest absolute Gasteiger partial charge is 0.478 e. The van der Waals surface area contributed by atoms with Crippen LogP contribution < -0.4 is 4.74 Å². The van der Waals surface area contributed by atoms with Gasteiger partial charge in [0.05, 0.1) is 39.8 Å².